The number of hydrogen-bond donors (Lipinski definition) is 0. The van der Waals surface area contributed by atoms with Crippen molar-refractivity contribution in [2.24, 2.45) is 5.92 Å². The zero-order valence-corrected chi connectivity index (χ0v) is 10.9. The molecule has 0 amide bonds. The van der Waals surface area contributed by atoms with E-state index in [9.17, 15) is 0 Å². The first-order valence-corrected chi connectivity index (χ1v) is 6.72. The molecule has 78 valence electrons. The van der Waals surface area contributed by atoms with Crippen LogP contribution in [0.4, 0.5) is 0 Å². The summed E-state index contributed by atoms with van der Waals surface area (Å²) >= 11 is 5.47. The summed E-state index contributed by atoms with van der Waals surface area (Å²) in [7, 11) is 0. The first-order valence-electron chi connectivity index (χ1n) is 4.92. The van der Waals surface area contributed by atoms with E-state index >= 15 is 0 Å². The van der Waals surface area contributed by atoms with Crippen molar-refractivity contribution in [2.45, 2.75) is 25.2 Å². The molecule has 0 N–H and O–H groups in total. The summed E-state index contributed by atoms with van der Waals surface area (Å²) in [6.45, 7) is 7.71. The Labute approximate surface area is 97.5 Å². The van der Waals surface area contributed by atoms with Crippen LogP contribution in [0.1, 0.15) is 17.6 Å². The number of hydrogen-bond acceptors (Lipinski definition) is 3. The summed E-state index contributed by atoms with van der Waals surface area (Å²) in [6.07, 6.45) is 0. The molecule has 1 aromatic heterocycles. The molecule has 0 spiro atoms. The van der Waals surface area contributed by atoms with Crippen LogP contribution in [0, 0.1) is 12.8 Å². The van der Waals surface area contributed by atoms with Crippen LogP contribution >= 0.6 is 27.3 Å². The van der Waals surface area contributed by atoms with Crippen LogP contribution < -0.4 is 0 Å². The van der Waals surface area contributed by atoms with E-state index in [-0.39, 0.29) is 0 Å². The molecular weight excluding hydrogens is 260 g/mol. The summed E-state index contributed by atoms with van der Waals surface area (Å²) in [5.74, 6) is 0.760. The standard InChI is InChI=1S/C10H15BrN2S/c1-7-3-13(4-9(7)11)5-10-12-8(2)6-14-10/h6-7,9H,3-5H2,1-2H3. The second-order valence-electron chi connectivity index (χ2n) is 4.07. The van der Waals surface area contributed by atoms with Crippen LogP contribution in [0.25, 0.3) is 0 Å². The first-order chi connectivity index (χ1) is 6.65. The molecule has 0 aliphatic carbocycles. The molecule has 2 unspecified atom stereocenters. The molecule has 4 heteroatoms. The molecule has 0 saturated carbocycles. The Bertz CT molecular complexity index is 303. The van der Waals surface area contributed by atoms with Crippen molar-refractivity contribution in [1.82, 2.24) is 9.88 Å². The Morgan fingerprint density at radius 3 is 2.93 bits per heavy atom. The monoisotopic (exact) mass is 274 g/mol. The van der Waals surface area contributed by atoms with Crippen LogP contribution in [0.15, 0.2) is 5.38 Å². The maximum atomic E-state index is 4.49. The van der Waals surface area contributed by atoms with E-state index in [1.807, 2.05) is 0 Å². The normalized spacial score (nSPS) is 28.5. The van der Waals surface area contributed by atoms with Crippen LogP contribution in [0.3, 0.4) is 0 Å². The minimum atomic E-state index is 0.656. The number of likely N-dealkylation sites (tertiary alicyclic amines) is 1. The third-order valence-electron chi connectivity index (χ3n) is 2.62. The average Bonchev–Trinajstić information content (AvgIpc) is 2.62. The summed E-state index contributed by atoms with van der Waals surface area (Å²) in [5, 5.41) is 3.37. The van der Waals surface area contributed by atoms with Crippen molar-refractivity contribution in [1.29, 1.82) is 0 Å². The van der Waals surface area contributed by atoms with Gasteiger partial charge in [0.25, 0.3) is 0 Å². The summed E-state index contributed by atoms with van der Waals surface area (Å²) in [6, 6.07) is 0. The number of alkyl halides is 1. The van der Waals surface area contributed by atoms with Crippen LogP contribution in [0.2, 0.25) is 0 Å². The van der Waals surface area contributed by atoms with E-state index in [0.717, 1.165) is 24.7 Å². The fourth-order valence-corrected chi connectivity index (χ4v) is 3.21. The molecule has 1 aliphatic rings. The maximum Gasteiger partial charge on any atom is 0.107 e. The number of halogens is 1. The molecule has 2 nitrogen and oxygen atoms in total. The second-order valence-corrected chi connectivity index (χ2v) is 6.19. The van der Waals surface area contributed by atoms with Crippen LogP contribution in [-0.2, 0) is 6.54 Å². The van der Waals surface area contributed by atoms with Crippen molar-refractivity contribution in [3.8, 4) is 0 Å². The van der Waals surface area contributed by atoms with E-state index in [4.69, 9.17) is 0 Å². The minimum Gasteiger partial charge on any atom is -0.295 e. The fourth-order valence-electron chi connectivity index (χ4n) is 1.82. The lowest BCUT2D eigenvalue weighted by Crippen LogP contribution is -2.20. The molecule has 0 radical (unpaired) electrons. The lowest BCUT2D eigenvalue weighted by atomic mass is 10.2. The van der Waals surface area contributed by atoms with Crippen molar-refractivity contribution in [2.75, 3.05) is 13.1 Å². The molecule has 14 heavy (non-hydrogen) atoms. The summed E-state index contributed by atoms with van der Waals surface area (Å²) in [4.78, 5) is 7.62. The van der Waals surface area contributed by atoms with E-state index in [1.54, 1.807) is 11.3 Å². The Hall–Kier alpha value is 0.0700. The topological polar surface area (TPSA) is 16.1 Å². The predicted molar refractivity (Wildman–Crippen MR) is 64.0 cm³/mol. The molecule has 1 aliphatic heterocycles. The van der Waals surface area contributed by atoms with Gasteiger partial charge in [0.15, 0.2) is 0 Å². The van der Waals surface area contributed by atoms with Crippen molar-refractivity contribution >= 4 is 27.3 Å². The van der Waals surface area contributed by atoms with Crippen molar-refractivity contribution < 1.29 is 0 Å². The Morgan fingerprint density at radius 1 is 1.64 bits per heavy atom. The van der Waals surface area contributed by atoms with Crippen molar-refractivity contribution in [3.63, 3.8) is 0 Å². The van der Waals surface area contributed by atoms with Gasteiger partial charge in [0.05, 0.1) is 6.54 Å². The molecule has 2 rings (SSSR count). The molecule has 1 saturated heterocycles. The van der Waals surface area contributed by atoms with Gasteiger partial charge in [-0.15, -0.1) is 11.3 Å². The van der Waals surface area contributed by atoms with Crippen LogP contribution in [-0.4, -0.2) is 27.8 Å². The van der Waals surface area contributed by atoms with E-state index in [1.165, 1.54) is 11.6 Å². The molecule has 1 aromatic rings. The van der Waals surface area contributed by atoms with Gasteiger partial charge in [0.1, 0.15) is 5.01 Å². The minimum absolute atomic E-state index is 0.656. The average molecular weight is 275 g/mol. The largest absolute Gasteiger partial charge is 0.295 e. The molecule has 2 heterocycles. The zero-order chi connectivity index (χ0) is 10.1. The van der Waals surface area contributed by atoms with Gasteiger partial charge < -0.3 is 0 Å². The molecule has 1 fully saturated rings. The summed E-state index contributed by atoms with van der Waals surface area (Å²) < 4.78 is 0. The van der Waals surface area contributed by atoms with Gasteiger partial charge in [-0.3, -0.25) is 4.90 Å². The maximum absolute atomic E-state index is 4.49. The number of thiazole rings is 1. The third-order valence-corrected chi connectivity index (χ3v) is 4.77. The van der Waals surface area contributed by atoms with Gasteiger partial charge in [0.2, 0.25) is 0 Å². The molecule has 2 atom stereocenters. The highest BCUT2D eigenvalue weighted by Crippen LogP contribution is 2.25. The van der Waals surface area contributed by atoms with Crippen molar-refractivity contribution in [3.05, 3.63) is 16.1 Å². The smallest absolute Gasteiger partial charge is 0.107 e. The van der Waals surface area contributed by atoms with Gasteiger partial charge in [-0.25, -0.2) is 4.98 Å². The zero-order valence-electron chi connectivity index (χ0n) is 8.53. The highest BCUT2D eigenvalue weighted by molar-refractivity contribution is 9.09. The fraction of sp³-hybridized carbons (Fsp3) is 0.700. The highest BCUT2D eigenvalue weighted by atomic mass is 79.9. The van der Waals surface area contributed by atoms with E-state index < -0.39 is 0 Å². The Balaban J connectivity index is 1.93. The molecule has 0 bridgehead atoms. The summed E-state index contributed by atoms with van der Waals surface area (Å²) in [5.41, 5.74) is 1.15. The van der Waals surface area contributed by atoms with Gasteiger partial charge >= 0.3 is 0 Å². The molecular formula is C10H15BrN2S. The van der Waals surface area contributed by atoms with Gasteiger partial charge in [-0.1, -0.05) is 22.9 Å². The number of aryl methyl sites for hydroxylation is 1. The lowest BCUT2D eigenvalue weighted by Gasteiger charge is -2.12. The van der Waals surface area contributed by atoms with Gasteiger partial charge in [-0.05, 0) is 12.8 Å². The molecule has 0 aromatic carbocycles. The van der Waals surface area contributed by atoms with Crippen LogP contribution in [0.5, 0.6) is 0 Å². The number of aromatic nitrogens is 1. The highest BCUT2D eigenvalue weighted by Gasteiger charge is 2.27. The predicted octanol–water partition coefficient (Wildman–Crippen LogP) is 2.67. The number of rotatable bonds is 2. The van der Waals surface area contributed by atoms with E-state index in [2.05, 4.69) is 45.0 Å². The van der Waals surface area contributed by atoms with Gasteiger partial charge in [-0.2, -0.15) is 0 Å². The quantitative estimate of drug-likeness (QED) is 0.771. The van der Waals surface area contributed by atoms with Gasteiger partial charge in [0, 0.05) is 29.0 Å². The Kier molecular flexibility index (Phi) is 3.24. The first kappa shape index (κ1) is 10.6. The third kappa shape index (κ3) is 2.35. The number of nitrogens with zero attached hydrogens (tertiary/aromatic N) is 2. The SMILES string of the molecule is Cc1csc(CN2CC(C)C(Br)C2)n1. The van der Waals surface area contributed by atoms with E-state index in [0.29, 0.717) is 4.83 Å². The lowest BCUT2D eigenvalue weighted by molar-refractivity contribution is 0.320. The Morgan fingerprint density at radius 2 is 2.43 bits per heavy atom. The second kappa shape index (κ2) is 4.29.